The highest BCUT2D eigenvalue weighted by Gasteiger charge is 2.08. The van der Waals surface area contributed by atoms with Crippen molar-refractivity contribution >= 4 is 22.8 Å². The number of anilines is 2. The van der Waals surface area contributed by atoms with Crippen molar-refractivity contribution in [1.29, 1.82) is 0 Å². The van der Waals surface area contributed by atoms with Crippen LogP contribution in [0.1, 0.15) is 18.1 Å². The Morgan fingerprint density at radius 3 is 1.69 bits per heavy atom. The van der Waals surface area contributed by atoms with Gasteiger partial charge >= 0.3 is 0 Å². The molecule has 4 heteroatoms. The van der Waals surface area contributed by atoms with Crippen LogP contribution in [0.15, 0.2) is 107 Å². The average Bonchev–Trinajstić information content (AvgIpc) is 2.80. The predicted octanol–water partition coefficient (Wildman–Crippen LogP) is 5.68. The SMILES string of the molecule is CCN=C1C=CC(=CC=CN=C(c2ccc(N(C)C)cc2)c2ccc(N(C)C)cc2)C=C1. The first-order valence-corrected chi connectivity index (χ1v) is 10.9. The van der Waals surface area contributed by atoms with Crippen molar-refractivity contribution in [2.75, 3.05) is 44.5 Å². The number of allylic oxidation sites excluding steroid dienone is 7. The van der Waals surface area contributed by atoms with Crippen LogP contribution in [-0.4, -0.2) is 46.2 Å². The van der Waals surface area contributed by atoms with E-state index in [4.69, 9.17) is 4.99 Å². The molecule has 164 valence electrons. The Kier molecular flexibility index (Phi) is 7.98. The molecule has 0 saturated heterocycles. The molecular weight excluding hydrogens is 392 g/mol. The van der Waals surface area contributed by atoms with E-state index >= 15 is 0 Å². The van der Waals surface area contributed by atoms with Gasteiger partial charge in [-0.25, -0.2) is 0 Å². The van der Waals surface area contributed by atoms with Crippen LogP contribution in [0.3, 0.4) is 0 Å². The van der Waals surface area contributed by atoms with E-state index < -0.39 is 0 Å². The number of rotatable bonds is 7. The van der Waals surface area contributed by atoms with Crippen molar-refractivity contribution < 1.29 is 0 Å². The number of aliphatic imine (C=N–C) groups is 2. The molecule has 0 amide bonds. The fourth-order valence-corrected chi connectivity index (χ4v) is 3.30. The van der Waals surface area contributed by atoms with Crippen LogP contribution < -0.4 is 9.80 Å². The van der Waals surface area contributed by atoms with Gasteiger partial charge in [-0.2, -0.15) is 0 Å². The minimum Gasteiger partial charge on any atom is -0.378 e. The van der Waals surface area contributed by atoms with E-state index in [1.54, 1.807) is 0 Å². The van der Waals surface area contributed by atoms with Gasteiger partial charge in [0.1, 0.15) is 0 Å². The van der Waals surface area contributed by atoms with Crippen LogP contribution in [0.4, 0.5) is 11.4 Å². The lowest BCUT2D eigenvalue weighted by molar-refractivity contribution is 1.13. The smallest absolute Gasteiger partial charge is 0.0774 e. The molecule has 2 aromatic rings. The maximum atomic E-state index is 4.83. The van der Waals surface area contributed by atoms with Crippen molar-refractivity contribution in [1.82, 2.24) is 0 Å². The molecule has 0 fully saturated rings. The maximum absolute atomic E-state index is 4.83. The highest BCUT2D eigenvalue weighted by molar-refractivity contribution is 6.13. The third kappa shape index (κ3) is 6.17. The van der Waals surface area contributed by atoms with Crippen molar-refractivity contribution in [3.05, 3.63) is 108 Å². The first-order valence-electron chi connectivity index (χ1n) is 10.9. The van der Waals surface area contributed by atoms with Crippen LogP contribution in [0.25, 0.3) is 0 Å². The van der Waals surface area contributed by atoms with Crippen LogP contribution in [0, 0.1) is 0 Å². The molecule has 0 unspecified atom stereocenters. The molecule has 2 aromatic carbocycles. The summed E-state index contributed by atoms with van der Waals surface area (Å²) in [6.07, 6.45) is 14.1. The van der Waals surface area contributed by atoms with E-state index in [0.717, 1.165) is 46.0 Å². The van der Waals surface area contributed by atoms with E-state index in [1.807, 2.05) is 59.5 Å². The Morgan fingerprint density at radius 1 is 0.750 bits per heavy atom. The molecule has 4 nitrogen and oxygen atoms in total. The second-order valence-electron chi connectivity index (χ2n) is 7.93. The zero-order chi connectivity index (χ0) is 22.9. The first-order chi connectivity index (χ1) is 15.5. The minimum absolute atomic E-state index is 0.797. The van der Waals surface area contributed by atoms with E-state index in [-0.39, 0.29) is 0 Å². The van der Waals surface area contributed by atoms with Gasteiger partial charge in [-0.15, -0.1) is 0 Å². The molecule has 0 atom stereocenters. The van der Waals surface area contributed by atoms with Crippen molar-refractivity contribution in [2.24, 2.45) is 9.98 Å². The molecule has 0 N–H and O–H groups in total. The predicted molar refractivity (Wildman–Crippen MR) is 141 cm³/mol. The van der Waals surface area contributed by atoms with Gasteiger partial charge in [-0.1, -0.05) is 42.5 Å². The summed E-state index contributed by atoms with van der Waals surface area (Å²) in [4.78, 5) is 13.4. The monoisotopic (exact) mass is 424 g/mol. The van der Waals surface area contributed by atoms with Gasteiger partial charge in [0.2, 0.25) is 0 Å². The maximum Gasteiger partial charge on any atom is 0.0774 e. The van der Waals surface area contributed by atoms with Gasteiger partial charge in [0, 0.05) is 63.4 Å². The lowest BCUT2D eigenvalue weighted by atomic mass is 10.0. The largest absolute Gasteiger partial charge is 0.378 e. The summed E-state index contributed by atoms with van der Waals surface area (Å²) in [7, 11) is 8.19. The fourth-order valence-electron chi connectivity index (χ4n) is 3.30. The van der Waals surface area contributed by atoms with Crippen molar-refractivity contribution in [3.8, 4) is 0 Å². The van der Waals surface area contributed by atoms with Crippen LogP contribution in [0.2, 0.25) is 0 Å². The average molecular weight is 425 g/mol. The molecule has 0 heterocycles. The third-order valence-corrected chi connectivity index (χ3v) is 5.13. The van der Waals surface area contributed by atoms with Crippen LogP contribution >= 0.6 is 0 Å². The summed E-state index contributed by atoms with van der Waals surface area (Å²) in [5.74, 6) is 0. The molecule has 0 bridgehead atoms. The minimum atomic E-state index is 0.797. The Bertz CT molecular complexity index is 1010. The van der Waals surface area contributed by atoms with E-state index in [2.05, 4.69) is 81.6 Å². The Hall–Kier alpha value is -3.66. The van der Waals surface area contributed by atoms with E-state index in [0.29, 0.717) is 0 Å². The van der Waals surface area contributed by atoms with Gasteiger partial charge in [-0.05, 0) is 55.0 Å². The third-order valence-electron chi connectivity index (χ3n) is 5.13. The highest BCUT2D eigenvalue weighted by atomic mass is 15.1. The lowest BCUT2D eigenvalue weighted by Gasteiger charge is -2.15. The quantitative estimate of drug-likeness (QED) is 0.535. The van der Waals surface area contributed by atoms with Gasteiger partial charge in [0.25, 0.3) is 0 Å². The summed E-state index contributed by atoms with van der Waals surface area (Å²) < 4.78 is 0. The summed E-state index contributed by atoms with van der Waals surface area (Å²) in [6.45, 7) is 2.84. The Labute approximate surface area is 192 Å². The molecular formula is C28H32N4. The number of hydrogen-bond donors (Lipinski definition) is 0. The normalized spacial score (nSPS) is 12.8. The lowest BCUT2D eigenvalue weighted by Crippen LogP contribution is -2.10. The van der Waals surface area contributed by atoms with Crippen molar-refractivity contribution in [3.63, 3.8) is 0 Å². The highest BCUT2D eigenvalue weighted by Crippen LogP contribution is 2.19. The van der Waals surface area contributed by atoms with E-state index in [1.165, 1.54) is 0 Å². The topological polar surface area (TPSA) is 31.2 Å². The summed E-state index contributed by atoms with van der Waals surface area (Å²) in [5.41, 5.74) is 7.58. The zero-order valence-electron chi connectivity index (χ0n) is 19.7. The molecule has 0 saturated carbocycles. The summed E-state index contributed by atoms with van der Waals surface area (Å²) in [5, 5.41) is 0. The summed E-state index contributed by atoms with van der Waals surface area (Å²) in [6, 6.07) is 17.0. The molecule has 0 spiro atoms. The first kappa shape index (κ1) is 23.0. The fraction of sp³-hybridized carbons (Fsp3) is 0.214. The van der Waals surface area contributed by atoms with Crippen LogP contribution in [0.5, 0.6) is 0 Å². The molecule has 0 radical (unpaired) electrons. The molecule has 1 aliphatic carbocycles. The standard InChI is InChI=1S/C28H32N4/c1-6-29-25-15-9-22(10-16-25)8-7-21-30-28(23-11-17-26(18-12-23)31(2)3)24-13-19-27(20-14-24)32(4)5/h7-21H,6H2,1-5H3. The summed E-state index contributed by atoms with van der Waals surface area (Å²) >= 11 is 0. The Morgan fingerprint density at radius 2 is 1.25 bits per heavy atom. The number of benzene rings is 2. The zero-order valence-corrected chi connectivity index (χ0v) is 19.7. The molecule has 0 aliphatic heterocycles. The second-order valence-corrected chi connectivity index (χ2v) is 7.93. The molecule has 3 rings (SSSR count). The van der Waals surface area contributed by atoms with Gasteiger partial charge in [0.05, 0.1) is 11.4 Å². The molecule has 1 aliphatic rings. The molecule has 32 heavy (non-hydrogen) atoms. The van der Waals surface area contributed by atoms with Crippen LogP contribution in [-0.2, 0) is 0 Å². The van der Waals surface area contributed by atoms with E-state index in [9.17, 15) is 0 Å². The second kappa shape index (κ2) is 11.1. The van der Waals surface area contributed by atoms with Gasteiger partial charge in [-0.3, -0.25) is 9.98 Å². The molecule has 0 aromatic heterocycles. The Balaban J connectivity index is 1.88. The van der Waals surface area contributed by atoms with Crippen molar-refractivity contribution in [2.45, 2.75) is 6.92 Å². The van der Waals surface area contributed by atoms with Gasteiger partial charge < -0.3 is 9.80 Å². The van der Waals surface area contributed by atoms with Gasteiger partial charge in [0.15, 0.2) is 0 Å². The number of nitrogens with zero attached hydrogens (tertiary/aromatic N) is 4. The number of hydrogen-bond acceptors (Lipinski definition) is 4.